The van der Waals surface area contributed by atoms with E-state index < -0.39 is 0 Å². The van der Waals surface area contributed by atoms with Crippen LogP contribution in [0, 0.1) is 11.8 Å². The molecule has 0 fully saturated rings. The summed E-state index contributed by atoms with van der Waals surface area (Å²) in [6, 6.07) is 0.543. The van der Waals surface area contributed by atoms with E-state index in [1.807, 2.05) is 6.08 Å². The van der Waals surface area contributed by atoms with Gasteiger partial charge in [-0.1, -0.05) is 40.7 Å². The third-order valence-electron chi connectivity index (χ3n) is 3.49. The molecule has 0 radical (unpaired) electrons. The number of hydrogen-bond acceptors (Lipinski definition) is 1. The Morgan fingerprint density at radius 3 is 2.07 bits per heavy atom. The van der Waals surface area contributed by atoms with Gasteiger partial charge in [0.1, 0.15) is 0 Å². The van der Waals surface area contributed by atoms with Gasteiger partial charge in [-0.05, 0) is 31.6 Å². The van der Waals surface area contributed by atoms with Gasteiger partial charge in [-0.15, -0.1) is 6.58 Å². The number of rotatable bonds is 7. The highest BCUT2D eigenvalue weighted by Crippen LogP contribution is 2.29. The van der Waals surface area contributed by atoms with E-state index in [9.17, 15) is 0 Å². The first-order valence-electron chi connectivity index (χ1n) is 6.22. The van der Waals surface area contributed by atoms with Crippen molar-refractivity contribution in [2.24, 2.45) is 11.8 Å². The molecule has 0 saturated heterocycles. The third kappa shape index (κ3) is 4.83. The van der Waals surface area contributed by atoms with Crippen LogP contribution in [0.25, 0.3) is 0 Å². The van der Waals surface area contributed by atoms with Crippen LogP contribution in [0.1, 0.15) is 54.4 Å². The standard InChI is InChI=1S/C14H29N/c1-8-9-10-14(7,15-12(4)5)13(6)11(2)3/h8,11-13,15H,1,9-10H2,2-7H3. The highest BCUT2D eigenvalue weighted by Gasteiger charge is 2.32. The molecule has 0 saturated carbocycles. The van der Waals surface area contributed by atoms with Crippen LogP contribution in [-0.4, -0.2) is 11.6 Å². The first-order chi connectivity index (χ1) is 6.83. The van der Waals surface area contributed by atoms with Gasteiger partial charge in [0.05, 0.1) is 0 Å². The van der Waals surface area contributed by atoms with E-state index in [1.54, 1.807) is 0 Å². The molecule has 90 valence electrons. The van der Waals surface area contributed by atoms with Crippen LogP contribution in [0.5, 0.6) is 0 Å². The lowest BCUT2D eigenvalue weighted by Crippen LogP contribution is -2.52. The Labute approximate surface area is 96.3 Å². The lowest BCUT2D eigenvalue weighted by atomic mass is 9.76. The van der Waals surface area contributed by atoms with E-state index in [-0.39, 0.29) is 5.54 Å². The largest absolute Gasteiger partial charge is 0.309 e. The van der Waals surface area contributed by atoms with Crippen LogP contribution < -0.4 is 5.32 Å². The van der Waals surface area contributed by atoms with Crippen molar-refractivity contribution in [1.29, 1.82) is 0 Å². The highest BCUT2D eigenvalue weighted by atomic mass is 15.0. The van der Waals surface area contributed by atoms with Gasteiger partial charge in [-0.3, -0.25) is 0 Å². The third-order valence-corrected chi connectivity index (χ3v) is 3.49. The van der Waals surface area contributed by atoms with E-state index >= 15 is 0 Å². The molecule has 1 N–H and O–H groups in total. The molecule has 2 atom stereocenters. The summed E-state index contributed by atoms with van der Waals surface area (Å²) in [4.78, 5) is 0. The monoisotopic (exact) mass is 211 g/mol. The fraction of sp³-hybridized carbons (Fsp3) is 0.857. The normalized spacial score (nSPS) is 17.9. The van der Waals surface area contributed by atoms with E-state index in [2.05, 4.69) is 53.4 Å². The zero-order valence-electron chi connectivity index (χ0n) is 11.4. The van der Waals surface area contributed by atoms with Crippen LogP contribution in [0.15, 0.2) is 12.7 Å². The molecule has 0 aliphatic carbocycles. The van der Waals surface area contributed by atoms with E-state index in [0.717, 1.165) is 6.42 Å². The maximum absolute atomic E-state index is 3.82. The fourth-order valence-corrected chi connectivity index (χ4v) is 2.23. The Morgan fingerprint density at radius 1 is 1.20 bits per heavy atom. The predicted molar refractivity (Wildman–Crippen MR) is 70.1 cm³/mol. The summed E-state index contributed by atoms with van der Waals surface area (Å²) in [5, 5.41) is 3.72. The minimum atomic E-state index is 0.233. The fourth-order valence-electron chi connectivity index (χ4n) is 2.23. The minimum absolute atomic E-state index is 0.233. The molecule has 0 spiro atoms. The van der Waals surface area contributed by atoms with Crippen molar-refractivity contribution in [1.82, 2.24) is 5.32 Å². The topological polar surface area (TPSA) is 12.0 Å². The Kier molecular flexibility index (Phi) is 6.19. The van der Waals surface area contributed by atoms with Crippen molar-refractivity contribution >= 4 is 0 Å². The van der Waals surface area contributed by atoms with Gasteiger partial charge in [-0.25, -0.2) is 0 Å². The van der Waals surface area contributed by atoms with E-state index in [4.69, 9.17) is 0 Å². The Morgan fingerprint density at radius 2 is 1.73 bits per heavy atom. The predicted octanol–water partition coefficient (Wildman–Crippen LogP) is 4.00. The lowest BCUT2D eigenvalue weighted by Gasteiger charge is -2.40. The molecule has 0 rings (SSSR count). The van der Waals surface area contributed by atoms with Gasteiger partial charge in [0, 0.05) is 11.6 Å². The van der Waals surface area contributed by atoms with Crippen molar-refractivity contribution in [2.45, 2.75) is 66.0 Å². The SMILES string of the molecule is C=CCCC(C)(NC(C)C)C(C)C(C)C. The van der Waals surface area contributed by atoms with Gasteiger partial charge >= 0.3 is 0 Å². The zero-order chi connectivity index (χ0) is 12.1. The summed E-state index contributed by atoms with van der Waals surface area (Å²) in [5.41, 5.74) is 0.233. The molecule has 0 aromatic rings. The molecule has 0 bridgehead atoms. The molecular weight excluding hydrogens is 182 g/mol. The van der Waals surface area contributed by atoms with Gasteiger partial charge < -0.3 is 5.32 Å². The van der Waals surface area contributed by atoms with Crippen LogP contribution in [0.2, 0.25) is 0 Å². The summed E-state index contributed by atoms with van der Waals surface area (Å²) < 4.78 is 0. The Bertz CT molecular complexity index is 184. The average molecular weight is 211 g/mol. The molecule has 0 amide bonds. The summed E-state index contributed by atoms with van der Waals surface area (Å²) >= 11 is 0. The molecule has 0 heterocycles. The maximum Gasteiger partial charge on any atom is 0.0186 e. The first kappa shape index (κ1) is 14.7. The summed E-state index contributed by atoms with van der Waals surface area (Å²) in [6.07, 6.45) is 4.29. The van der Waals surface area contributed by atoms with Crippen LogP contribution >= 0.6 is 0 Å². The Balaban J connectivity index is 4.59. The zero-order valence-corrected chi connectivity index (χ0v) is 11.4. The van der Waals surface area contributed by atoms with Crippen molar-refractivity contribution < 1.29 is 0 Å². The number of nitrogens with one attached hydrogen (secondary N) is 1. The van der Waals surface area contributed by atoms with Crippen LogP contribution in [0.3, 0.4) is 0 Å². The maximum atomic E-state index is 3.82. The molecule has 15 heavy (non-hydrogen) atoms. The molecule has 0 aliphatic heterocycles. The second-order valence-corrected chi connectivity index (χ2v) is 5.58. The van der Waals surface area contributed by atoms with Crippen LogP contribution in [0.4, 0.5) is 0 Å². The van der Waals surface area contributed by atoms with Gasteiger partial charge in [0.15, 0.2) is 0 Å². The second kappa shape index (κ2) is 6.32. The van der Waals surface area contributed by atoms with Crippen molar-refractivity contribution in [3.8, 4) is 0 Å². The number of hydrogen-bond donors (Lipinski definition) is 1. The second-order valence-electron chi connectivity index (χ2n) is 5.58. The Hall–Kier alpha value is -0.300. The van der Waals surface area contributed by atoms with E-state index in [0.29, 0.717) is 17.9 Å². The smallest absolute Gasteiger partial charge is 0.0186 e. The van der Waals surface area contributed by atoms with E-state index in [1.165, 1.54) is 6.42 Å². The molecule has 0 aromatic carbocycles. The number of allylic oxidation sites excluding steroid dienone is 1. The van der Waals surface area contributed by atoms with Gasteiger partial charge in [-0.2, -0.15) is 0 Å². The van der Waals surface area contributed by atoms with Crippen LogP contribution in [-0.2, 0) is 0 Å². The van der Waals surface area contributed by atoms with Crippen molar-refractivity contribution in [2.75, 3.05) is 0 Å². The molecule has 0 aliphatic rings. The molecular formula is C14H29N. The summed E-state index contributed by atoms with van der Waals surface area (Å²) in [6.45, 7) is 17.6. The summed E-state index contributed by atoms with van der Waals surface area (Å²) in [5.74, 6) is 1.39. The highest BCUT2D eigenvalue weighted by molar-refractivity contribution is 4.92. The lowest BCUT2D eigenvalue weighted by molar-refractivity contribution is 0.169. The van der Waals surface area contributed by atoms with Crippen molar-refractivity contribution in [3.05, 3.63) is 12.7 Å². The molecule has 2 unspecified atom stereocenters. The van der Waals surface area contributed by atoms with Crippen molar-refractivity contribution in [3.63, 3.8) is 0 Å². The molecule has 1 heteroatoms. The van der Waals surface area contributed by atoms with Gasteiger partial charge in [0.25, 0.3) is 0 Å². The minimum Gasteiger partial charge on any atom is -0.309 e. The average Bonchev–Trinajstić information content (AvgIpc) is 2.12. The first-order valence-corrected chi connectivity index (χ1v) is 6.22. The molecule has 0 aromatic heterocycles. The van der Waals surface area contributed by atoms with Gasteiger partial charge in [0.2, 0.25) is 0 Å². The quantitative estimate of drug-likeness (QED) is 0.628. The molecule has 1 nitrogen and oxygen atoms in total. The summed E-state index contributed by atoms with van der Waals surface area (Å²) in [7, 11) is 0.